The maximum Gasteiger partial charge on any atom is 0.273 e. The molecule has 0 N–H and O–H groups in total. The fourth-order valence-corrected chi connectivity index (χ4v) is 3.08. The molecular weight excluding hydrogens is 330 g/mol. The Bertz CT molecular complexity index is 735. The molecule has 0 saturated carbocycles. The quantitative estimate of drug-likeness (QED) is 0.788. The Morgan fingerprint density at radius 3 is 2.58 bits per heavy atom. The number of hydrogen-bond acceptors (Lipinski definition) is 6. The third kappa shape index (κ3) is 4.40. The van der Waals surface area contributed by atoms with Gasteiger partial charge in [0.25, 0.3) is 5.91 Å². The summed E-state index contributed by atoms with van der Waals surface area (Å²) in [7, 11) is 3.44. The van der Waals surface area contributed by atoms with E-state index in [2.05, 4.69) is 38.8 Å². The van der Waals surface area contributed by atoms with Crippen molar-refractivity contribution in [2.75, 3.05) is 45.2 Å². The van der Waals surface area contributed by atoms with Gasteiger partial charge in [-0.05, 0) is 18.6 Å². The van der Waals surface area contributed by atoms with Crippen LogP contribution in [-0.2, 0) is 13.0 Å². The lowest BCUT2D eigenvalue weighted by atomic mass is 10.2. The van der Waals surface area contributed by atoms with Crippen LogP contribution >= 0.6 is 0 Å². The SMILES string of the molecule is CCCc1ccc(CN2CCN(c3cncc(C(=O)N(C)C)n3)CC2)o1. The molecule has 1 aliphatic heterocycles. The summed E-state index contributed by atoms with van der Waals surface area (Å²) in [5.41, 5.74) is 0.383. The van der Waals surface area contributed by atoms with Gasteiger partial charge in [-0.25, -0.2) is 4.98 Å². The second kappa shape index (κ2) is 8.31. The summed E-state index contributed by atoms with van der Waals surface area (Å²) >= 11 is 0. The molecule has 2 aromatic heterocycles. The van der Waals surface area contributed by atoms with Crippen molar-refractivity contribution in [3.05, 3.63) is 41.7 Å². The first kappa shape index (κ1) is 18.4. The first-order chi connectivity index (χ1) is 12.6. The zero-order valence-corrected chi connectivity index (χ0v) is 15.8. The number of nitrogens with zero attached hydrogens (tertiary/aromatic N) is 5. The number of anilines is 1. The fraction of sp³-hybridized carbons (Fsp3) is 0.526. The van der Waals surface area contributed by atoms with Gasteiger partial charge < -0.3 is 14.2 Å². The molecule has 7 heteroatoms. The summed E-state index contributed by atoms with van der Waals surface area (Å²) in [5, 5.41) is 0. The zero-order valence-electron chi connectivity index (χ0n) is 15.8. The topological polar surface area (TPSA) is 65.7 Å². The maximum atomic E-state index is 12.1. The molecule has 1 amide bonds. The van der Waals surface area contributed by atoms with Crippen molar-refractivity contribution in [1.82, 2.24) is 19.8 Å². The normalized spacial score (nSPS) is 15.3. The fourth-order valence-electron chi connectivity index (χ4n) is 3.08. The number of aromatic nitrogens is 2. The van der Waals surface area contributed by atoms with Gasteiger partial charge >= 0.3 is 0 Å². The Morgan fingerprint density at radius 2 is 1.88 bits per heavy atom. The van der Waals surface area contributed by atoms with Crippen LogP contribution in [0.4, 0.5) is 5.82 Å². The molecule has 2 aromatic rings. The van der Waals surface area contributed by atoms with Crippen LogP contribution in [0.3, 0.4) is 0 Å². The Labute approximate surface area is 154 Å². The highest BCUT2D eigenvalue weighted by Gasteiger charge is 2.20. The third-order valence-electron chi connectivity index (χ3n) is 4.54. The number of hydrogen-bond donors (Lipinski definition) is 0. The minimum Gasteiger partial charge on any atom is -0.465 e. The molecule has 1 aliphatic rings. The zero-order chi connectivity index (χ0) is 18.5. The minimum absolute atomic E-state index is 0.126. The average Bonchev–Trinajstić information content (AvgIpc) is 3.09. The molecule has 3 heterocycles. The molecule has 0 aromatic carbocycles. The van der Waals surface area contributed by atoms with Gasteiger partial charge in [0.15, 0.2) is 0 Å². The van der Waals surface area contributed by atoms with Crippen LogP contribution in [0.1, 0.15) is 35.4 Å². The summed E-state index contributed by atoms with van der Waals surface area (Å²) in [6.07, 6.45) is 5.34. The van der Waals surface area contributed by atoms with Gasteiger partial charge in [-0.15, -0.1) is 0 Å². The van der Waals surface area contributed by atoms with E-state index in [9.17, 15) is 4.79 Å². The monoisotopic (exact) mass is 357 g/mol. The van der Waals surface area contributed by atoms with Crippen LogP contribution in [0.5, 0.6) is 0 Å². The van der Waals surface area contributed by atoms with Crippen molar-refractivity contribution in [2.45, 2.75) is 26.3 Å². The van der Waals surface area contributed by atoms with Crippen molar-refractivity contribution in [3.63, 3.8) is 0 Å². The largest absolute Gasteiger partial charge is 0.465 e. The highest BCUT2D eigenvalue weighted by atomic mass is 16.3. The molecular formula is C19H27N5O2. The lowest BCUT2D eigenvalue weighted by Gasteiger charge is -2.34. The molecule has 140 valence electrons. The van der Waals surface area contributed by atoms with E-state index >= 15 is 0 Å². The van der Waals surface area contributed by atoms with Gasteiger partial charge in [0.2, 0.25) is 0 Å². The van der Waals surface area contributed by atoms with Crippen LogP contribution in [0.15, 0.2) is 28.9 Å². The van der Waals surface area contributed by atoms with Gasteiger partial charge in [-0.1, -0.05) is 6.92 Å². The van der Waals surface area contributed by atoms with E-state index < -0.39 is 0 Å². The number of carbonyl (C=O) groups excluding carboxylic acids is 1. The standard InChI is InChI=1S/C19H27N5O2/c1-4-5-15-6-7-16(26-15)14-23-8-10-24(11-9-23)18-13-20-12-17(21-18)19(25)22(2)3/h6-7,12-13H,4-5,8-11,14H2,1-3H3. The number of furan rings is 1. The van der Waals surface area contributed by atoms with Crippen LogP contribution in [-0.4, -0.2) is 65.9 Å². The minimum atomic E-state index is -0.126. The molecule has 1 fully saturated rings. The molecule has 0 bridgehead atoms. The van der Waals surface area contributed by atoms with E-state index in [1.54, 1.807) is 20.3 Å². The Hall–Kier alpha value is -2.41. The summed E-state index contributed by atoms with van der Waals surface area (Å²) < 4.78 is 5.88. The maximum absolute atomic E-state index is 12.1. The van der Waals surface area contributed by atoms with Crippen molar-refractivity contribution >= 4 is 11.7 Å². The van der Waals surface area contributed by atoms with Crippen molar-refractivity contribution < 1.29 is 9.21 Å². The smallest absolute Gasteiger partial charge is 0.273 e. The van der Waals surface area contributed by atoms with Gasteiger partial charge in [0.1, 0.15) is 23.0 Å². The molecule has 0 radical (unpaired) electrons. The van der Waals surface area contributed by atoms with Crippen molar-refractivity contribution in [2.24, 2.45) is 0 Å². The van der Waals surface area contributed by atoms with E-state index in [-0.39, 0.29) is 5.91 Å². The molecule has 0 aliphatic carbocycles. The van der Waals surface area contributed by atoms with E-state index in [1.807, 2.05) is 0 Å². The van der Waals surface area contributed by atoms with E-state index in [0.29, 0.717) is 5.69 Å². The summed E-state index contributed by atoms with van der Waals surface area (Å²) in [4.78, 5) is 26.8. The molecule has 7 nitrogen and oxygen atoms in total. The Balaban J connectivity index is 1.56. The van der Waals surface area contributed by atoms with Gasteiger partial charge in [-0.2, -0.15) is 0 Å². The number of carbonyl (C=O) groups is 1. The summed E-state index contributed by atoms with van der Waals surface area (Å²) in [5.74, 6) is 2.73. The first-order valence-corrected chi connectivity index (χ1v) is 9.15. The third-order valence-corrected chi connectivity index (χ3v) is 4.54. The van der Waals surface area contributed by atoms with Crippen LogP contribution in [0, 0.1) is 0 Å². The highest BCUT2D eigenvalue weighted by molar-refractivity contribution is 5.91. The Morgan fingerprint density at radius 1 is 1.15 bits per heavy atom. The number of piperazine rings is 1. The summed E-state index contributed by atoms with van der Waals surface area (Å²) in [6, 6.07) is 4.16. The molecule has 0 spiro atoms. The summed E-state index contributed by atoms with van der Waals surface area (Å²) in [6.45, 7) is 6.57. The van der Waals surface area contributed by atoms with Gasteiger partial charge in [0.05, 0.1) is 18.9 Å². The first-order valence-electron chi connectivity index (χ1n) is 9.15. The molecule has 0 atom stereocenters. The molecule has 0 unspecified atom stereocenters. The second-order valence-corrected chi connectivity index (χ2v) is 6.84. The predicted molar refractivity (Wildman–Crippen MR) is 100 cm³/mol. The molecule has 1 saturated heterocycles. The number of aryl methyl sites for hydroxylation is 1. The van der Waals surface area contributed by atoms with E-state index in [4.69, 9.17) is 4.42 Å². The van der Waals surface area contributed by atoms with Crippen LogP contribution < -0.4 is 4.90 Å². The van der Waals surface area contributed by atoms with Crippen LogP contribution in [0.2, 0.25) is 0 Å². The van der Waals surface area contributed by atoms with Crippen LogP contribution in [0.25, 0.3) is 0 Å². The Kier molecular flexibility index (Phi) is 5.88. The van der Waals surface area contributed by atoms with Crippen molar-refractivity contribution in [3.8, 4) is 0 Å². The lowest BCUT2D eigenvalue weighted by molar-refractivity contribution is 0.0821. The van der Waals surface area contributed by atoms with Crippen molar-refractivity contribution in [1.29, 1.82) is 0 Å². The molecule has 3 rings (SSSR count). The van der Waals surface area contributed by atoms with Gasteiger partial charge in [-0.3, -0.25) is 14.7 Å². The van der Waals surface area contributed by atoms with Gasteiger partial charge in [0, 0.05) is 46.7 Å². The average molecular weight is 357 g/mol. The lowest BCUT2D eigenvalue weighted by Crippen LogP contribution is -2.46. The van der Waals surface area contributed by atoms with E-state index in [0.717, 1.165) is 62.9 Å². The number of rotatable bonds is 6. The molecule has 26 heavy (non-hydrogen) atoms. The highest BCUT2D eigenvalue weighted by Crippen LogP contribution is 2.17. The van der Waals surface area contributed by atoms with E-state index in [1.165, 1.54) is 11.1 Å². The number of amides is 1. The predicted octanol–water partition coefficient (Wildman–Crippen LogP) is 2.05. The second-order valence-electron chi connectivity index (χ2n) is 6.84.